The molecule has 11 heteroatoms. The number of phenolic OH excluding ortho intramolecular Hbond substituents is 1. The number of nitrogens with two attached hydrogens (primary N) is 1. The van der Waals surface area contributed by atoms with Crippen LogP contribution in [-0.2, 0) is 16.6 Å². The van der Waals surface area contributed by atoms with E-state index >= 15 is 0 Å². The summed E-state index contributed by atoms with van der Waals surface area (Å²) in [5, 5.41) is 12.4. The summed E-state index contributed by atoms with van der Waals surface area (Å²) >= 11 is 5.78. The second-order valence-electron chi connectivity index (χ2n) is 9.97. The predicted octanol–water partition coefficient (Wildman–Crippen LogP) is 4.65. The summed E-state index contributed by atoms with van der Waals surface area (Å²) in [6.45, 7) is 1.58. The molecule has 2 aliphatic rings. The van der Waals surface area contributed by atoms with Crippen molar-refractivity contribution in [1.82, 2.24) is 24.3 Å². The fourth-order valence-electron chi connectivity index (χ4n) is 5.57. The van der Waals surface area contributed by atoms with Gasteiger partial charge in [0.05, 0.1) is 11.3 Å². The van der Waals surface area contributed by atoms with Crippen LogP contribution in [0.3, 0.4) is 0 Å². The van der Waals surface area contributed by atoms with E-state index in [-0.39, 0.29) is 23.0 Å². The summed E-state index contributed by atoms with van der Waals surface area (Å²) in [5.74, 6) is -0.719. The second kappa shape index (κ2) is 8.65. The number of hydrogen-bond donors (Lipinski definition) is 3. The summed E-state index contributed by atoms with van der Waals surface area (Å²) in [7, 11) is 0. The molecule has 0 radical (unpaired) electrons. The molecule has 190 valence electrons. The van der Waals surface area contributed by atoms with Gasteiger partial charge < -0.3 is 20.6 Å². The van der Waals surface area contributed by atoms with E-state index in [1.165, 1.54) is 38.2 Å². The van der Waals surface area contributed by atoms with Gasteiger partial charge in [-0.1, -0.05) is 43.7 Å². The molecule has 37 heavy (non-hydrogen) atoms. The van der Waals surface area contributed by atoms with Crippen molar-refractivity contribution in [2.24, 2.45) is 5.92 Å². The third-order valence-corrected chi connectivity index (χ3v) is 7.96. The van der Waals surface area contributed by atoms with Crippen LogP contribution < -0.4 is 11.1 Å². The SMILES string of the molecule is C[C@@]1(c2cc(O)c(Cl)c(F)c2)C(=O)Nc2nc(-c3cn4ccnc4c(CC4CCCCC4)n3)nc(N)c21. The highest BCUT2D eigenvalue weighted by Gasteiger charge is 2.48. The number of phenols is 1. The van der Waals surface area contributed by atoms with E-state index in [1.807, 2.05) is 10.6 Å². The fourth-order valence-corrected chi connectivity index (χ4v) is 5.68. The predicted molar refractivity (Wildman–Crippen MR) is 137 cm³/mol. The molecule has 0 saturated heterocycles. The van der Waals surface area contributed by atoms with E-state index in [4.69, 9.17) is 22.3 Å². The lowest BCUT2D eigenvalue weighted by molar-refractivity contribution is -0.119. The lowest BCUT2D eigenvalue weighted by atomic mass is 9.77. The summed E-state index contributed by atoms with van der Waals surface area (Å²) in [5.41, 5.74) is 7.62. The summed E-state index contributed by atoms with van der Waals surface area (Å²) in [6.07, 6.45) is 12.3. The largest absolute Gasteiger partial charge is 0.506 e. The number of amides is 1. The molecule has 1 aliphatic heterocycles. The Labute approximate surface area is 216 Å². The van der Waals surface area contributed by atoms with E-state index in [0.29, 0.717) is 17.2 Å². The Balaban J connectivity index is 1.44. The van der Waals surface area contributed by atoms with Crippen molar-refractivity contribution in [3.8, 4) is 17.3 Å². The van der Waals surface area contributed by atoms with Crippen LogP contribution in [0.25, 0.3) is 17.2 Å². The molecule has 6 rings (SSSR count). The number of carbonyl (C=O) groups is 1. The van der Waals surface area contributed by atoms with Crippen LogP contribution >= 0.6 is 11.6 Å². The van der Waals surface area contributed by atoms with Gasteiger partial charge in [0.1, 0.15) is 39.3 Å². The Morgan fingerprint density at radius 2 is 2.03 bits per heavy atom. The molecule has 9 nitrogen and oxygen atoms in total. The Bertz CT molecular complexity index is 1540. The monoisotopic (exact) mass is 521 g/mol. The minimum Gasteiger partial charge on any atom is -0.506 e. The van der Waals surface area contributed by atoms with Gasteiger partial charge in [0.25, 0.3) is 0 Å². The summed E-state index contributed by atoms with van der Waals surface area (Å²) < 4.78 is 16.3. The van der Waals surface area contributed by atoms with Crippen molar-refractivity contribution in [3.63, 3.8) is 0 Å². The van der Waals surface area contributed by atoms with Crippen molar-refractivity contribution < 1.29 is 14.3 Å². The topological polar surface area (TPSA) is 131 Å². The molecule has 0 unspecified atom stereocenters. The van der Waals surface area contributed by atoms with Crippen LogP contribution in [0.2, 0.25) is 5.02 Å². The number of nitrogen functional groups attached to an aromatic ring is 1. The lowest BCUT2D eigenvalue weighted by Crippen LogP contribution is -2.33. The van der Waals surface area contributed by atoms with E-state index in [1.54, 1.807) is 19.3 Å². The number of hydrogen-bond acceptors (Lipinski definition) is 7. The zero-order valence-electron chi connectivity index (χ0n) is 20.1. The Hall–Kier alpha value is -3.79. The number of nitrogens with one attached hydrogen (secondary N) is 1. The zero-order valence-corrected chi connectivity index (χ0v) is 20.9. The molecule has 1 fully saturated rings. The maximum absolute atomic E-state index is 14.4. The van der Waals surface area contributed by atoms with Gasteiger partial charge in [-0.2, -0.15) is 0 Å². The van der Waals surface area contributed by atoms with Gasteiger partial charge >= 0.3 is 0 Å². The first kappa shape index (κ1) is 23.6. The number of anilines is 2. The van der Waals surface area contributed by atoms with Crippen LogP contribution in [0.1, 0.15) is 55.8 Å². The summed E-state index contributed by atoms with van der Waals surface area (Å²) in [6, 6.07) is 2.36. The standard InChI is InChI=1S/C26H25ClFN7O2/c1-26(14-10-15(28)20(27)18(36)11-14)19-21(29)32-22(33-23(19)34-25(26)37)17-12-35-8-7-30-24(35)16(31-17)9-13-5-3-2-4-6-13/h7-8,10-13,36H,2-6,9H2,1H3,(H3,29,32,33,34,37)/t26-/m0/s1. The minimum absolute atomic E-state index is 0.0528. The van der Waals surface area contributed by atoms with Gasteiger partial charge in [-0.15, -0.1) is 0 Å². The number of nitrogens with zero attached hydrogens (tertiary/aromatic N) is 5. The Kier molecular flexibility index (Phi) is 5.52. The van der Waals surface area contributed by atoms with Gasteiger partial charge in [-0.25, -0.2) is 24.3 Å². The van der Waals surface area contributed by atoms with E-state index in [9.17, 15) is 14.3 Å². The first-order valence-electron chi connectivity index (χ1n) is 12.3. The number of benzene rings is 1. The van der Waals surface area contributed by atoms with Gasteiger partial charge in [-0.3, -0.25) is 4.79 Å². The molecular formula is C26H25ClFN7O2. The number of fused-ring (bicyclic) bond motifs is 2. The fraction of sp³-hybridized carbons (Fsp3) is 0.346. The van der Waals surface area contributed by atoms with Gasteiger partial charge in [0.2, 0.25) is 5.91 Å². The Morgan fingerprint density at radius 3 is 2.78 bits per heavy atom. The molecule has 1 aliphatic carbocycles. The quantitative estimate of drug-likeness (QED) is 0.356. The zero-order chi connectivity index (χ0) is 25.9. The minimum atomic E-state index is -1.44. The van der Waals surface area contributed by atoms with Gasteiger partial charge in [-0.05, 0) is 37.0 Å². The molecular weight excluding hydrogens is 497 g/mol. The maximum atomic E-state index is 14.4. The van der Waals surface area contributed by atoms with E-state index in [0.717, 1.165) is 23.8 Å². The van der Waals surface area contributed by atoms with E-state index < -0.39 is 27.9 Å². The van der Waals surface area contributed by atoms with Crippen LogP contribution in [0.4, 0.5) is 16.0 Å². The third-order valence-electron chi connectivity index (χ3n) is 7.59. The number of rotatable bonds is 4. The highest BCUT2D eigenvalue weighted by molar-refractivity contribution is 6.32. The molecule has 0 spiro atoms. The number of aromatic nitrogens is 5. The molecule has 4 N–H and O–H groups in total. The average Bonchev–Trinajstić information content (AvgIpc) is 3.46. The molecule has 3 aromatic heterocycles. The van der Waals surface area contributed by atoms with Crippen LogP contribution in [0, 0.1) is 11.7 Å². The molecule has 1 amide bonds. The van der Waals surface area contributed by atoms with Crippen molar-refractivity contribution in [3.05, 3.63) is 58.4 Å². The van der Waals surface area contributed by atoms with Crippen molar-refractivity contribution in [2.45, 2.75) is 50.9 Å². The molecule has 1 atom stereocenters. The van der Waals surface area contributed by atoms with Crippen LogP contribution in [0.15, 0.2) is 30.7 Å². The second-order valence-corrected chi connectivity index (χ2v) is 10.3. The maximum Gasteiger partial charge on any atom is 0.240 e. The number of aromatic hydroxyl groups is 1. The molecule has 1 saturated carbocycles. The molecule has 1 aromatic carbocycles. The third kappa shape index (κ3) is 3.78. The lowest BCUT2D eigenvalue weighted by Gasteiger charge is -2.24. The molecule has 4 heterocycles. The normalized spacial score (nSPS) is 19.8. The first-order chi connectivity index (χ1) is 17.8. The van der Waals surface area contributed by atoms with Gasteiger partial charge in [0, 0.05) is 18.6 Å². The molecule has 4 aromatic rings. The van der Waals surface area contributed by atoms with E-state index in [2.05, 4.69) is 20.3 Å². The van der Waals surface area contributed by atoms with Crippen molar-refractivity contribution in [2.75, 3.05) is 11.1 Å². The smallest absolute Gasteiger partial charge is 0.240 e. The highest BCUT2D eigenvalue weighted by atomic mass is 35.5. The Morgan fingerprint density at radius 1 is 1.24 bits per heavy atom. The van der Waals surface area contributed by atoms with Crippen molar-refractivity contribution in [1.29, 1.82) is 0 Å². The summed E-state index contributed by atoms with van der Waals surface area (Å²) in [4.78, 5) is 31.7. The number of halogens is 2. The first-order valence-corrected chi connectivity index (χ1v) is 12.6. The van der Waals surface area contributed by atoms with Crippen LogP contribution in [0.5, 0.6) is 5.75 Å². The van der Waals surface area contributed by atoms with Gasteiger partial charge in [0.15, 0.2) is 11.5 Å². The van der Waals surface area contributed by atoms with Crippen molar-refractivity contribution >= 4 is 34.8 Å². The number of carbonyl (C=O) groups excluding carboxylic acids is 1. The molecule has 0 bridgehead atoms. The average molecular weight is 522 g/mol. The highest BCUT2D eigenvalue weighted by Crippen LogP contribution is 2.46. The van der Waals surface area contributed by atoms with Crippen LogP contribution in [-0.4, -0.2) is 35.4 Å². The number of imidazole rings is 1.